The maximum atomic E-state index is 14.4. The molecule has 1 N–H and O–H groups in total. The Balaban J connectivity index is 1.38. The van der Waals surface area contributed by atoms with Crippen LogP contribution in [0.15, 0.2) is 84.4 Å². The highest BCUT2D eigenvalue weighted by molar-refractivity contribution is 6.31. The zero-order chi connectivity index (χ0) is 32.7. The van der Waals surface area contributed by atoms with Crippen molar-refractivity contribution < 1.29 is 42.2 Å². The lowest BCUT2D eigenvalue weighted by atomic mass is 9.51. The Bertz CT molecular complexity index is 1830. The topological polar surface area (TPSA) is 104 Å². The summed E-state index contributed by atoms with van der Waals surface area (Å²) in [4.78, 5) is 58.6. The molecule has 2 heterocycles. The van der Waals surface area contributed by atoms with Gasteiger partial charge in [-0.25, -0.2) is 4.90 Å². The lowest BCUT2D eigenvalue weighted by molar-refractivity contribution is -0.274. The van der Waals surface area contributed by atoms with Crippen LogP contribution in [0.1, 0.15) is 31.2 Å². The van der Waals surface area contributed by atoms with Gasteiger partial charge in [0.25, 0.3) is 0 Å². The molecule has 3 aromatic rings. The van der Waals surface area contributed by atoms with E-state index in [1.807, 2.05) is 0 Å². The fraction of sp³-hybridized carbons (Fsp3) is 0.294. The van der Waals surface area contributed by atoms with Crippen molar-refractivity contribution in [2.75, 3.05) is 9.80 Å². The van der Waals surface area contributed by atoms with Crippen LogP contribution in [0.25, 0.3) is 0 Å². The number of para-hydroxylation sites is 1. The van der Waals surface area contributed by atoms with Gasteiger partial charge in [-0.05, 0) is 80.3 Å². The summed E-state index contributed by atoms with van der Waals surface area (Å²) in [5.41, 5.74) is -0.441. The van der Waals surface area contributed by atoms with E-state index in [0.29, 0.717) is 22.0 Å². The summed E-state index contributed by atoms with van der Waals surface area (Å²) in [6.45, 7) is 1.58. The van der Waals surface area contributed by atoms with Gasteiger partial charge >= 0.3 is 6.36 Å². The van der Waals surface area contributed by atoms with E-state index in [1.54, 1.807) is 67.6 Å². The molecule has 4 aliphatic rings. The fourth-order valence-corrected chi connectivity index (χ4v) is 8.11. The van der Waals surface area contributed by atoms with Gasteiger partial charge < -0.3 is 9.84 Å². The van der Waals surface area contributed by atoms with Crippen LogP contribution < -0.4 is 14.5 Å². The number of phenolic OH excluding ortho intramolecular Hbond substituents is 1. The third kappa shape index (κ3) is 4.43. The highest BCUT2D eigenvalue weighted by Crippen LogP contribution is 2.64. The Hall–Kier alpha value is -4.64. The third-order valence-corrected chi connectivity index (χ3v) is 10.2. The van der Waals surface area contributed by atoms with Crippen molar-refractivity contribution in [1.29, 1.82) is 0 Å². The summed E-state index contributed by atoms with van der Waals surface area (Å²) in [6, 6.07) is 17.5. The lowest BCUT2D eigenvalue weighted by Gasteiger charge is -2.49. The van der Waals surface area contributed by atoms with E-state index >= 15 is 0 Å². The number of carbonyl (C=O) groups is 4. The van der Waals surface area contributed by atoms with Crippen LogP contribution in [0.5, 0.6) is 11.5 Å². The van der Waals surface area contributed by atoms with Gasteiger partial charge in [0.05, 0.1) is 34.5 Å². The highest BCUT2D eigenvalue weighted by atomic mass is 35.5. The molecule has 3 fully saturated rings. The number of nitrogens with zero attached hydrogens (tertiary/aromatic N) is 2. The molecule has 2 saturated heterocycles. The summed E-state index contributed by atoms with van der Waals surface area (Å²) in [6.07, 6.45) is -3.13. The minimum atomic E-state index is -5.03. The van der Waals surface area contributed by atoms with Crippen LogP contribution in [-0.4, -0.2) is 35.1 Å². The highest BCUT2D eigenvalue weighted by Gasteiger charge is 2.68. The molecule has 0 bridgehead atoms. The van der Waals surface area contributed by atoms with Crippen LogP contribution in [0.4, 0.5) is 24.5 Å². The predicted octanol–water partition coefficient (Wildman–Crippen LogP) is 6.38. The van der Waals surface area contributed by atoms with Gasteiger partial charge in [-0.3, -0.25) is 24.1 Å². The number of hydrogen-bond acceptors (Lipinski definition) is 6. The van der Waals surface area contributed by atoms with E-state index in [-0.39, 0.29) is 18.4 Å². The monoisotopic (exact) mass is 650 g/mol. The smallest absolute Gasteiger partial charge is 0.508 e. The largest absolute Gasteiger partial charge is 0.573 e. The molecule has 0 spiro atoms. The second-order valence-corrected chi connectivity index (χ2v) is 12.7. The Labute approximate surface area is 266 Å². The molecule has 4 amide bonds. The number of anilines is 2. The van der Waals surface area contributed by atoms with E-state index < -0.39 is 76.5 Å². The van der Waals surface area contributed by atoms with Gasteiger partial charge in [-0.15, -0.1) is 13.2 Å². The number of hydrogen-bond donors (Lipinski definition) is 1. The molecule has 2 aliphatic heterocycles. The molecule has 3 aromatic carbocycles. The Morgan fingerprint density at radius 3 is 2.22 bits per heavy atom. The first-order chi connectivity index (χ1) is 21.8. The standard InChI is InChI=1S/C34H26ClF3N2O6/c1-33-25(30(43)40(32(33)45)18-5-3-2-4-6-18)16-23-21(28(33)24-15-20(11-14-26(24)41)46-34(36,37)38)12-13-22-27(23)31(44)39(29(22)42)19-9-7-17(35)8-10-19/h2-12,14-15,22-23,25,27-28,41H,13,16H2,1H3/t22-,23+,25-,27-,28+,33+/m0/s1. The summed E-state index contributed by atoms with van der Waals surface area (Å²) in [5, 5.41) is 11.5. The Morgan fingerprint density at radius 2 is 1.54 bits per heavy atom. The number of imide groups is 2. The number of amides is 4. The fourth-order valence-electron chi connectivity index (χ4n) is 7.99. The van der Waals surface area contributed by atoms with Gasteiger partial charge in [-0.1, -0.05) is 41.4 Å². The van der Waals surface area contributed by atoms with Gasteiger partial charge in [-0.2, -0.15) is 0 Å². The zero-order valence-corrected chi connectivity index (χ0v) is 25.0. The molecule has 0 unspecified atom stereocenters. The number of fused-ring (bicyclic) bond motifs is 4. The number of phenols is 1. The SMILES string of the molecule is C[C@@]12C(=O)N(c3ccccc3)C(=O)[C@@H]1C[C@@H]1C(=CC[C@@H]3C(=O)N(c4ccc(Cl)cc4)C(=O)[C@@H]31)[C@@H]2c1cc(OC(F)(F)F)ccc1O. The number of halogens is 4. The van der Waals surface area contributed by atoms with Crippen LogP contribution in [0, 0.1) is 29.1 Å². The molecule has 8 nitrogen and oxygen atoms in total. The molecule has 46 heavy (non-hydrogen) atoms. The summed E-state index contributed by atoms with van der Waals surface area (Å²) in [5.74, 6) is -7.56. The maximum absolute atomic E-state index is 14.4. The predicted molar refractivity (Wildman–Crippen MR) is 160 cm³/mol. The minimum Gasteiger partial charge on any atom is -0.508 e. The minimum absolute atomic E-state index is 0.0425. The molecular weight excluding hydrogens is 625 g/mol. The number of allylic oxidation sites excluding steroid dienone is 2. The van der Waals surface area contributed by atoms with E-state index in [4.69, 9.17) is 11.6 Å². The van der Waals surface area contributed by atoms with Crippen molar-refractivity contribution in [1.82, 2.24) is 0 Å². The maximum Gasteiger partial charge on any atom is 0.573 e. The first-order valence-corrected chi connectivity index (χ1v) is 15.0. The molecule has 0 aromatic heterocycles. The zero-order valence-electron chi connectivity index (χ0n) is 24.2. The Morgan fingerprint density at radius 1 is 0.870 bits per heavy atom. The molecule has 2 aliphatic carbocycles. The average molecular weight is 651 g/mol. The van der Waals surface area contributed by atoms with Gasteiger partial charge in [0.2, 0.25) is 23.6 Å². The van der Waals surface area contributed by atoms with E-state index in [9.17, 15) is 37.5 Å². The normalized spacial score (nSPS) is 29.0. The molecule has 236 valence electrons. The second-order valence-electron chi connectivity index (χ2n) is 12.3. The molecular formula is C34H26ClF3N2O6. The molecule has 0 radical (unpaired) electrons. The number of ether oxygens (including phenoxy) is 1. The second kappa shape index (κ2) is 10.4. The molecule has 1 saturated carbocycles. The van der Waals surface area contributed by atoms with Crippen molar-refractivity contribution in [3.8, 4) is 11.5 Å². The van der Waals surface area contributed by atoms with Gasteiger partial charge in [0.1, 0.15) is 11.5 Å². The summed E-state index contributed by atoms with van der Waals surface area (Å²) >= 11 is 6.03. The van der Waals surface area contributed by atoms with Crippen molar-refractivity contribution in [3.05, 3.63) is 95.0 Å². The lowest BCUT2D eigenvalue weighted by Crippen LogP contribution is -2.49. The van der Waals surface area contributed by atoms with Crippen LogP contribution >= 0.6 is 11.6 Å². The first-order valence-electron chi connectivity index (χ1n) is 14.7. The summed E-state index contributed by atoms with van der Waals surface area (Å²) < 4.78 is 44.0. The van der Waals surface area contributed by atoms with Crippen LogP contribution in [-0.2, 0) is 19.2 Å². The molecule has 6 atom stereocenters. The van der Waals surface area contributed by atoms with Crippen molar-refractivity contribution in [3.63, 3.8) is 0 Å². The number of alkyl halides is 3. The number of carbonyl (C=O) groups excluding carboxylic acids is 4. The van der Waals surface area contributed by atoms with Gasteiger partial charge in [0.15, 0.2) is 0 Å². The van der Waals surface area contributed by atoms with Crippen molar-refractivity contribution >= 4 is 46.6 Å². The van der Waals surface area contributed by atoms with Crippen molar-refractivity contribution in [2.24, 2.45) is 29.1 Å². The van der Waals surface area contributed by atoms with E-state index in [0.717, 1.165) is 28.0 Å². The third-order valence-electron chi connectivity index (χ3n) is 9.92. The van der Waals surface area contributed by atoms with Crippen LogP contribution in [0.3, 0.4) is 0 Å². The van der Waals surface area contributed by atoms with E-state index in [2.05, 4.69) is 4.74 Å². The average Bonchev–Trinajstić information content (AvgIpc) is 3.38. The number of rotatable bonds is 4. The molecule has 12 heteroatoms. The van der Waals surface area contributed by atoms with E-state index in [1.165, 1.54) is 0 Å². The van der Waals surface area contributed by atoms with Gasteiger partial charge in [0, 0.05) is 16.5 Å². The number of aromatic hydroxyl groups is 1. The quantitative estimate of drug-likeness (QED) is 0.260. The first kappa shape index (κ1) is 30.0. The molecule has 7 rings (SSSR count). The summed E-state index contributed by atoms with van der Waals surface area (Å²) in [7, 11) is 0. The number of benzene rings is 3. The Kier molecular flexibility index (Phi) is 6.82. The van der Waals surface area contributed by atoms with Crippen molar-refractivity contribution in [2.45, 2.75) is 32.0 Å². The van der Waals surface area contributed by atoms with Crippen LogP contribution in [0.2, 0.25) is 5.02 Å².